The molecule has 1 fully saturated rings. The van der Waals surface area contributed by atoms with Crippen molar-refractivity contribution < 1.29 is 4.79 Å². The van der Waals surface area contributed by atoms with Crippen LogP contribution in [0.25, 0.3) is 5.69 Å². The Morgan fingerprint density at radius 3 is 2.52 bits per heavy atom. The summed E-state index contributed by atoms with van der Waals surface area (Å²) >= 11 is 0. The van der Waals surface area contributed by atoms with Crippen LogP contribution in [-0.4, -0.2) is 33.8 Å². The van der Waals surface area contributed by atoms with Gasteiger partial charge >= 0.3 is 0 Å². The monoisotopic (exact) mass is 389 g/mol. The van der Waals surface area contributed by atoms with Crippen molar-refractivity contribution in [2.45, 2.75) is 39.7 Å². The van der Waals surface area contributed by atoms with Gasteiger partial charge in [-0.15, -0.1) is 0 Å². The van der Waals surface area contributed by atoms with Crippen LogP contribution < -0.4 is 10.2 Å². The molecular formula is C23H27N5O. The van der Waals surface area contributed by atoms with E-state index in [-0.39, 0.29) is 5.91 Å². The average molecular weight is 390 g/mol. The van der Waals surface area contributed by atoms with Crippen LogP contribution in [0.15, 0.2) is 48.7 Å². The highest BCUT2D eigenvalue weighted by atomic mass is 16.1. The molecule has 2 aromatic heterocycles. The van der Waals surface area contributed by atoms with E-state index in [1.54, 1.807) is 0 Å². The van der Waals surface area contributed by atoms with E-state index in [0.717, 1.165) is 47.1 Å². The normalized spacial score (nSPS) is 13.7. The van der Waals surface area contributed by atoms with Crippen molar-refractivity contribution in [3.05, 3.63) is 71.2 Å². The minimum atomic E-state index is -0.00701. The van der Waals surface area contributed by atoms with Gasteiger partial charge in [-0.2, -0.15) is 5.10 Å². The number of anilines is 1. The smallest absolute Gasteiger partial charge is 0.224 e. The first-order valence-corrected chi connectivity index (χ1v) is 10.2. The Bertz CT molecular complexity index is 973. The van der Waals surface area contributed by atoms with Crippen molar-refractivity contribution in [3.63, 3.8) is 0 Å². The van der Waals surface area contributed by atoms with Crippen molar-refractivity contribution >= 4 is 11.7 Å². The van der Waals surface area contributed by atoms with Crippen molar-refractivity contribution in [2.75, 3.05) is 18.0 Å². The maximum Gasteiger partial charge on any atom is 0.224 e. The van der Waals surface area contributed by atoms with Crippen molar-refractivity contribution in [1.29, 1.82) is 0 Å². The number of rotatable bonds is 6. The third-order valence-electron chi connectivity index (χ3n) is 5.51. The van der Waals surface area contributed by atoms with E-state index in [4.69, 9.17) is 0 Å². The zero-order valence-electron chi connectivity index (χ0n) is 17.1. The lowest BCUT2D eigenvalue weighted by molar-refractivity contribution is -0.120. The highest BCUT2D eigenvalue weighted by Crippen LogP contribution is 2.19. The molecule has 1 aromatic carbocycles. The lowest BCUT2D eigenvalue weighted by Crippen LogP contribution is -2.25. The van der Waals surface area contributed by atoms with E-state index in [9.17, 15) is 4.79 Å². The van der Waals surface area contributed by atoms with Gasteiger partial charge in [0.05, 0.1) is 17.8 Å². The van der Waals surface area contributed by atoms with Gasteiger partial charge in [-0.1, -0.05) is 24.3 Å². The summed E-state index contributed by atoms with van der Waals surface area (Å²) in [6, 6.07) is 14.1. The molecule has 6 nitrogen and oxygen atoms in total. The van der Waals surface area contributed by atoms with Gasteiger partial charge in [0.25, 0.3) is 0 Å². The van der Waals surface area contributed by atoms with Crippen LogP contribution in [-0.2, 0) is 17.8 Å². The molecule has 0 radical (unpaired) electrons. The zero-order chi connectivity index (χ0) is 20.2. The van der Waals surface area contributed by atoms with Gasteiger partial charge in [0.1, 0.15) is 5.82 Å². The van der Waals surface area contributed by atoms with E-state index in [1.165, 1.54) is 12.8 Å². The molecule has 3 aromatic rings. The number of hydrogen-bond acceptors (Lipinski definition) is 4. The number of nitrogens with zero attached hydrogens (tertiary/aromatic N) is 4. The molecule has 3 heterocycles. The molecular weight excluding hydrogens is 362 g/mol. The summed E-state index contributed by atoms with van der Waals surface area (Å²) in [6.45, 7) is 6.61. The van der Waals surface area contributed by atoms with Crippen molar-refractivity contribution in [2.24, 2.45) is 0 Å². The van der Waals surface area contributed by atoms with E-state index in [2.05, 4.69) is 20.3 Å². The number of nitrogens with one attached hydrogen (secondary N) is 1. The summed E-state index contributed by atoms with van der Waals surface area (Å²) in [6.07, 6.45) is 4.65. The molecule has 1 amide bonds. The van der Waals surface area contributed by atoms with E-state index in [0.29, 0.717) is 13.0 Å². The molecule has 0 unspecified atom stereocenters. The summed E-state index contributed by atoms with van der Waals surface area (Å²) in [5.74, 6) is 1.02. The number of carbonyl (C=O) groups excluding carboxylic acids is 1. The molecule has 6 heteroatoms. The minimum absolute atomic E-state index is 0.00701. The van der Waals surface area contributed by atoms with Gasteiger partial charge in [0.15, 0.2) is 0 Å². The predicted molar refractivity (Wildman–Crippen MR) is 114 cm³/mol. The molecule has 0 atom stereocenters. The van der Waals surface area contributed by atoms with Crippen molar-refractivity contribution in [1.82, 2.24) is 20.1 Å². The molecule has 0 aliphatic carbocycles. The van der Waals surface area contributed by atoms with Gasteiger partial charge in [0, 0.05) is 37.1 Å². The Labute approximate surface area is 171 Å². The van der Waals surface area contributed by atoms with Gasteiger partial charge in [-0.3, -0.25) is 4.79 Å². The second kappa shape index (κ2) is 8.47. The fraction of sp³-hybridized carbons (Fsp3) is 0.348. The standard InChI is InChI=1S/C23H27N5O/c1-17-21(18(2)28(26-17)20-8-4-3-5-9-20)14-23(29)25-16-19-10-11-22(24-15-19)27-12-6-7-13-27/h3-5,8-11,15H,6-7,12-14,16H2,1-2H3,(H,25,29). The van der Waals surface area contributed by atoms with Crippen LogP contribution in [0.3, 0.4) is 0 Å². The number of amides is 1. The third-order valence-corrected chi connectivity index (χ3v) is 5.51. The first-order valence-electron chi connectivity index (χ1n) is 10.2. The van der Waals surface area contributed by atoms with Crippen LogP contribution in [0.2, 0.25) is 0 Å². The Kier molecular flexibility index (Phi) is 5.60. The van der Waals surface area contributed by atoms with Crippen LogP contribution in [0.1, 0.15) is 35.4 Å². The summed E-state index contributed by atoms with van der Waals surface area (Å²) in [5.41, 5.74) is 4.88. The number of pyridine rings is 1. The average Bonchev–Trinajstić information content (AvgIpc) is 3.38. The van der Waals surface area contributed by atoms with E-state index < -0.39 is 0 Å². The Balaban J connectivity index is 1.37. The SMILES string of the molecule is Cc1nn(-c2ccccc2)c(C)c1CC(=O)NCc1ccc(N2CCCC2)nc1. The van der Waals surface area contributed by atoms with Gasteiger partial charge in [0.2, 0.25) is 5.91 Å². The Morgan fingerprint density at radius 2 is 1.83 bits per heavy atom. The molecule has 4 rings (SSSR count). The maximum absolute atomic E-state index is 12.5. The maximum atomic E-state index is 12.5. The first-order chi connectivity index (χ1) is 14.1. The van der Waals surface area contributed by atoms with Crippen LogP contribution in [0, 0.1) is 13.8 Å². The number of hydrogen-bond donors (Lipinski definition) is 1. The van der Waals surface area contributed by atoms with Gasteiger partial charge < -0.3 is 10.2 Å². The fourth-order valence-corrected chi connectivity index (χ4v) is 3.83. The molecule has 1 N–H and O–H groups in total. The number of aromatic nitrogens is 3. The lowest BCUT2D eigenvalue weighted by atomic mass is 10.1. The minimum Gasteiger partial charge on any atom is -0.357 e. The molecule has 0 saturated carbocycles. The Morgan fingerprint density at radius 1 is 1.07 bits per heavy atom. The zero-order valence-corrected chi connectivity index (χ0v) is 17.1. The van der Waals surface area contributed by atoms with Crippen LogP contribution >= 0.6 is 0 Å². The molecule has 0 bridgehead atoms. The van der Waals surface area contributed by atoms with Crippen molar-refractivity contribution in [3.8, 4) is 5.69 Å². The second-order valence-electron chi connectivity index (χ2n) is 7.57. The van der Waals surface area contributed by atoms with E-state index >= 15 is 0 Å². The summed E-state index contributed by atoms with van der Waals surface area (Å²) < 4.78 is 1.90. The number of aryl methyl sites for hydroxylation is 1. The first kappa shape index (κ1) is 19.2. The quantitative estimate of drug-likeness (QED) is 0.702. The lowest BCUT2D eigenvalue weighted by Gasteiger charge is -2.16. The molecule has 150 valence electrons. The molecule has 0 spiro atoms. The summed E-state index contributed by atoms with van der Waals surface area (Å²) in [4.78, 5) is 19.4. The second-order valence-corrected chi connectivity index (χ2v) is 7.57. The number of benzene rings is 1. The van der Waals surface area contributed by atoms with Gasteiger partial charge in [-0.25, -0.2) is 9.67 Å². The van der Waals surface area contributed by atoms with Gasteiger partial charge in [-0.05, 0) is 50.5 Å². The van der Waals surface area contributed by atoms with Crippen LogP contribution in [0.4, 0.5) is 5.82 Å². The molecule has 1 aliphatic rings. The summed E-state index contributed by atoms with van der Waals surface area (Å²) in [7, 11) is 0. The topological polar surface area (TPSA) is 63.1 Å². The van der Waals surface area contributed by atoms with E-state index in [1.807, 2.05) is 67.2 Å². The largest absolute Gasteiger partial charge is 0.357 e. The third kappa shape index (κ3) is 4.31. The molecule has 1 aliphatic heterocycles. The summed E-state index contributed by atoms with van der Waals surface area (Å²) in [5, 5.41) is 7.63. The number of para-hydroxylation sites is 1. The fourth-order valence-electron chi connectivity index (χ4n) is 3.83. The highest BCUT2D eigenvalue weighted by molar-refractivity contribution is 5.79. The highest BCUT2D eigenvalue weighted by Gasteiger charge is 2.16. The predicted octanol–water partition coefficient (Wildman–Crippen LogP) is 3.34. The molecule has 29 heavy (non-hydrogen) atoms. The molecule has 1 saturated heterocycles. The number of carbonyl (C=O) groups is 1. The Hall–Kier alpha value is -3.15. The van der Waals surface area contributed by atoms with Crippen LogP contribution in [0.5, 0.6) is 0 Å².